The second-order valence-electron chi connectivity index (χ2n) is 18.1. The molecule has 2 rings (SSSR count). The molecule has 2 fully saturated rings. The topological polar surface area (TPSA) is 231 Å². The molecule has 4 unspecified atom stereocenters. The molecule has 15 heteroatoms. The predicted molar refractivity (Wildman–Crippen MR) is 252 cm³/mol. The van der Waals surface area contributed by atoms with Gasteiger partial charge in [-0.3, -0.25) is 9.59 Å². The summed E-state index contributed by atoms with van der Waals surface area (Å²) in [5.74, 6) is -0.964. The summed E-state index contributed by atoms with van der Waals surface area (Å²) < 4.78 is 33.5. The Bertz CT molecular complexity index is 1280. The lowest BCUT2D eigenvalue weighted by atomic mass is 9.98. The monoisotopic (exact) mass is 943 g/mol. The van der Waals surface area contributed by atoms with Crippen LogP contribution in [-0.4, -0.2) is 142 Å². The van der Waals surface area contributed by atoms with Gasteiger partial charge < -0.3 is 64.2 Å². The molecule has 384 valence electrons. The third kappa shape index (κ3) is 26.5. The number of carbonyl (C=O) groups excluding carboxylic acids is 2. The number of unbranched alkanes of at least 4 members (excludes halogenated alkanes) is 21. The van der Waals surface area contributed by atoms with E-state index in [9.17, 15) is 45.3 Å². The molecule has 0 bridgehead atoms. The highest BCUT2D eigenvalue weighted by atomic mass is 16.7. The smallest absolute Gasteiger partial charge is 0.306 e. The van der Waals surface area contributed by atoms with Crippen molar-refractivity contribution in [2.24, 2.45) is 0 Å². The minimum absolute atomic E-state index is 0.157. The first-order chi connectivity index (χ1) is 32.0. The Balaban J connectivity index is 1.82. The Morgan fingerprint density at radius 1 is 0.530 bits per heavy atom. The van der Waals surface area contributed by atoms with E-state index in [4.69, 9.17) is 28.4 Å². The molecule has 0 aromatic heterocycles. The largest absolute Gasteiger partial charge is 0.462 e. The molecule has 15 nitrogen and oxygen atoms in total. The van der Waals surface area contributed by atoms with E-state index >= 15 is 0 Å². The number of allylic oxidation sites excluding steroid dienone is 5. The zero-order valence-corrected chi connectivity index (χ0v) is 40.3. The lowest BCUT2D eigenvalue weighted by molar-refractivity contribution is -0.332. The van der Waals surface area contributed by atoms with E-state index < -0.39 is 99.3 Å². The molecule has 0 aromatic carbocycles. The Morgan fingerprint density at radius 2 is 0.985 bits per heavy atom. The maximum atomic E-state index is 13.0. The van der Waals surface area contributed by atoms with Gasteiger partial charge in [-0.2, -0.15) is 0 Å². The average Bonchev–Trinajstić information content (AvgIpc) is 3.31. The maximum absolute atomic E-state index is 13.0. The van der Waals surface area contributed by atoms with Crippen molar-refractivity contribution in [1.82, 2.24) is 0 Å². The van der Waals surface area contributed by atoms with E-state index in [0.717, 1.165) is 51.4 Å². The predicted octanol–water partition coefficient (Wildman–Crippen LogP) is 6.93. The van der Waals surface area contributed by atoms with E-state index in [-0.39, 0.29) is 19.4 Å². The number of hydrogen-bond donors (Lipinski definition) is 7. The number of esters is 2. The normalized spacial score (nSPS) is 26.2. The van der Waals surface area contributed by atoms with Crippen LogP contribution in [0.4, 0.5) is 0 Å². The summed E-state index contributed by atoms with van der Waals surface area (Å²) in [6.45, 7) is 4.08. The zero-order valence-electron chi connectivity index (χ0n) is 40.3. The van der Waals surface area contributed by atoms with Crippen molar-refractivity contribution in [3.8, 4) is 0 Å². The van der Waals surface area contributed by atoms with E-state index in [1.54, 1.807) is 0 Å². The van der Waals surface area contributed by atoms with Gasteiger partial charge in [-0.1, -0.05) is 140 Å². The lowest BCUT2D eigenvalue weighted by Gasteiger charge is -2.42. The molecule has 2 heterocycles. The minimum atomic E-state index is -1.77. The second-order valence-corrected chi connectivity index (χ2v) is 18.1. The molecule has 2 aliphatic heterocycles. The summed E-state index contributed by atoms with van der Waals surface area (Å²) in [6, 6.07) is 0. The van der Waals surface area contributed by atoms with Crippen LogP contribution in [0.1, 0.15) is 180 Å². The summed E-state index contributed by atoms with van der Waals surface area (Å²) in [7, 11) is 0. The molecule has 7 N–H and O–H groups in total. The van der Waals surface area contributed by atoms with Gasteiger partial charge >= 0.3 is 11.9 Å². The standard InChI is InChI=1S/C51H90O15/c1-3-5-7-9-11-13-15-17-19-21-23-25-27-29-31-33-42(53)61-36-39(64-43(54)34-32-30-28-26-24-22-20-18-16-14-12-10-8-6-4-2)37-62-50-49(60)47(58)45(56)41(66-50)38-63-51-48(59)46(57)44(55)40(35-52)65-51/h4,17,19,23,25,39-41,44-52,55-60H,2-3,5-16,18,20-22,24,26-38H2,1H3/b19-17+,25-23+/t39-,40-,41-,44+,45+,46?,47?,48?,49?,50-,51-/m1/s1. The molecular weight excluding hydrogens is 853 g/mol. The highest BCUT2D eigenvalue weighted by Gasteiger charge is 2.47. The molecule has 0 amide bonds. The minimum Gasteiger partial charge on any atom is -0.462 e. The number of rotatable bonds is 40. The molecular formula is C51H90O15. The summed E-state index contributed by atoms with van der Waals surface area (Å²) in [5.41, 5.74) is 0. The van der Waals surface area contributed by atoms with Gasteiger partial charge in [0.15, 0.2) is 18.7 Å². The molecule has 2 saturated heterocycles. The molecule has 0 saturated carbocycles. The Hall–Kier alpha value is -2.28. The van der Waals surface area contributed by atoms with Crippen molar-refractivity contribution in [2.45, 2.75) is 248 Å². The van der Waals surface area contributed by atoms with Crippen molar-refractivity contribution >= 4 is 11.9 Å². The zero-order chi connectivity index (χ0) is 48.2. The fourth-order valence-electron chi connectivity index (χ4n) is 7.99. The molecule has 2 aliphatic rings. The summed E-state index contributed by atoms with van der Waals surface area (Å²) in [5, 5.41) is 72.0. The van der Waals surface area contributed by atoms with Gasteiger partial charge in [0.2, 0.25) is 0 Å². The maximum Gasteiger partial charge on any atom is 0.306 e. The van der Waals surface area contributed by atoms with Crippen molar-refractivity contribution in [3.63, 3.8) is 0 Å². The fraction of sp³-hybridized carbons (Fsp3) is 0.843. The van der Waals surface area contributed by atoms with Crippen LogP contribution in [0.5, 0.6) is 0 Å². The fourth-order valence-corrected chi connectivity index (χ4v) is 7.99. The van der Waals surface area contributed by atoms with Crippen LogP contribution in [-0.2, 0) is 38.0 Å². The van der Waals surface area contributed by atoms with Gasteiger partial charge in [0.05, 0.1) is 19.8 Å². The van der Waals surface area contributed by atoms with Crippen molar-refractivity contribution < 1.29 is 73.8 Å². The third-order valence-corrected chi connectivity index (χ3v) is 12.2. The van der Waals surface area contributed by atoms with Crippen molar-refractivity contribution in [2.75, 3.05) is 26.4 Å². The van der Waals surface area contributed by atoms with Gasteiger partial charge in [0, 0.05) is 12.8 Å². The van der Waals surface area contributed by atoms with E-state index in [1.165, 1.54) is 96.3 Å². The molecule has 0 radical (unpaired) electrons. The van der Waals surface area contributed by atoms with E-state index in [1.807, 2.05) is 6.08 Å². The van der Waals surface area contributed by atoms with Crippen LogP contribution in [0, 0.1) is 0 Å². The highest BCUT2D eigenvalue weighted by Crippen LogP contribution is 2.26. The van der Waals surface area contributed by atoms with E-state index in [2.05, 4.69) is 37.8 Å². The van der Waals surface area contributed by atoms with E-state index in [0.29, 0.717) is 12.8 Å². The number of aliphatic hydroxyl groups is 7. The van der Waals surface area contributed by atoms with Crippen molar-refractivity contribution in [1.29, 1.82) is 0 Å². The molecule has 0 aromatic rings. The summed E-state index contributed by atoms with van der Waals surface area (Å²) in [6.07, 6.45) is 22.1. The molecule has 0 spiro atoms. The first-order valence-electron chi connectivity index (χ1n) is 25.5. The van der Waals surface area contributed by atoms with Crippen LogP contribution < -0.4 is 0 Å². The summed E-state index contributed by atoms with van der Waals surface area (Å²) in [4.78, 5) is 25.7. The van der Waals surface area contributed by atoms with Crippen LogP contribution in [0.2, 0.25) is 0 Å². The number of aliphatic hydroxyl groups excluding tert-OH is 7. The Kier molecular flexibility index (Phi) is 35.0. The molecule has 0 aliphatic carbocycles. The van der Waals surface area contributed by atoms with Gasteiger partial charge in [-0.05, 0) is 57.8 Å². The Morgan fingerprint density at radius 3 is 1.55 bits per heavy atom. The number of carbonyl (C=O) groups is 2. The van der Waals surface area contributed by atoms with Gasteiger partial charge in [0.1, 0.15) is 55.4 Å². The average molecular weight is 943 g/mol. The first-order valence-corrected chi connectivity index (χ1v) is 25.5. The summed E-state index contributed by atoms with van der Waals surface area (Å²) >= 11 is 0. The quantitative estimate of drug-likeness (QED) is 0.0188. The first kappa shape index (κ1) is 59.8. The van der Waals surface area contributed by atoms with Crippen LogP contribution in [0.15, 0.2) is 37.0 Å². The van der Waals surface area contributed by atoms with Crippen LogP contribution in [0.25, 0.3) is 0 Å². The number of ether oxygens (including phenoxy) is 6. The SMILES string of the molecule is C=CCCCCCCCCCCCCCCCC(=O)O[C@H](COC(=O)CCCC/C=C/C/C=C/CCCCCCCC)CO[C@@H]1O[C@H](CO[C@@H]2O[C@H](CO)[C@H](O)C(O)C2O)[C@H](O)C(O)C1O. The molecule has 66 heavy (non-hydrogen) atoms. The Labute approximate surface area is 395 Å². The molecule has 11 atom stereocenters. The van der Waals surface area contributed by atoms with Gasteiger partial charge in [-0.15, -0.1) is 6.58 Å². The van der Waals surface area contributed by atoms with Crippen LogP contribution in [0.3, 0.4) is 0 Å². The number of hydrogen-bond acceptors (Lipinski definition) is 15. The van der Waals surface area contributed by atoms with Crippen molar-refractivity contribution in [3.05, 3.63) is 37.0 Å². The highest BCUT2D eigenvalue weighted by molar-refractivity contribution is 5.70. The second kappa shape index (κ2) is 38.6. The lowest BCUT2D eigenvalue weighted by Crippen LogP contribution is -2.61. The van der Waals surface area contributed by atoms with Gasteiger partial charge in [0.25, 0.3) is 0 Å². The third-order valence-electron chi connectivity index (χ3n) is 12.2. The van der Waals surface area contributed by atoms with Gasteiger partial charge in [-0.25, -0.2) is 0 Å². The van der Waals surface area contributed by atoms with Crippen LogP contribution >= 0.6 is 0 Å².